The molecule has 3 rings (SSSR count). The van der Waals surface area contributed by atoms with Gasteiger partial charge in [0.2, 0.25) is 5.91 Å². The molecule has 1 atom stereocenters. The minimum absolute atomic E-state index is 0.0263. The van der Waals surface area contributed by atoms with Crippen molar-refractivity contribution in [2.75, 3.05) is 5.32 Å². The first-order chi connectivity index (χ1) is 9.95. The van der Waals surface area contributed by atoms with Gasteiger partial charge >= 0.3 is 0 Å². The van der Waals surface area contributed by atoms with Crippen LogP contribution in [0.25, 0.3) is 0 Å². The number of nitrogens with one attached hydrogen (secondary N) is 1. The maximum atomic E-state index is 11.4. The third-order valence-corrected chi connectivity index (χ3v) is 5.74. The third kappa shape index (κ3) is 3.02. The van der Waals surface area contributed by atoms with Gasteiger partial charge in [-0.05, 0) is 63.5 Å². The van der Waals surface area contributed by atoms with E-state index in [1.165, 1.54) is 0 Å². The highest BCUT2D eigenvalue weighted by Crippen LogP contribution is 2.39. The Labute approximate surface area is 150 Å². The molecule has 6 heteroatoms. The van der Waals surface area contributed by atoms with Crippen LogP contribution in [0.2, 0.25) is 10.0 Å². The maximum absolute atomic E-state index is 11.4. The number of carbonyl (C=O) groups is 1. The molecule has 1 unspecified atom stereocenters. The van der Waals surface area contributed by atoms with Gasteiger partial charge in [0.05, 0.1) is 16.8 Å². The Morgan fingerprint density at radius 3 is 2.62 bits per heavy atom. The molecule has 1 N–H and O–H groups in total. The van der Waals surface area contributed by atoms with Crippen molar-refractivity contribution >= 4 is 69.0 Å². The fourth-order valence-corrected chi connectivity index (χ4v) is 3.48. The molecule has 1 aliphatic heterocycles. The van der Waals surface area contributed by atoms with Crippen LogP contribution < -0.4 is 5.32 Å². The van der Waals surface area contributed by atoms with E-state index in [4.69, 9.17) is 34.8 Å². The van der Waals surface area contributed by atoms with Crippen molar-refractivity contribution in [3.8, 4) is 0 Å². The number of rotatable bonds is 2. The Kier molecular flexibility index (Phi) is 4.37. The molecule has 0 fully saturated rings. The number of anilines is 1. The SMILES string of the molecule is O=C1Cc2cc(C(Cl)c3ccc(I)c(Cl)c3)c(Cl)cc2N1. The highest BCUT2D eigenvalue weighted by Gasteiger charge is 2.23. The van der Waals surface area contributed by atoms with E-state index in [0.29, 0.717) is 16.5 Å². The average molecular weight is 453 g/mol. The second-order valence-electron chi connectivity index (χ2n) is 4.79. The molecule has 2 nitrogen and oxygen atoms in total. The molecule has 0 spiro atoms. The summed E-state index contributed by atoms with van der Waals surface area (Å²) in [5, 5.41) is 3.56. The molecule has 0 bridgehead atoms. The van der Waals surface area contributed by atoms with Gasteiger partial charge in [-0.2, -0.15) is 0 Å². The van der Waals surface area contributed by atoms with Crippen molar-refractivity contribution in [2.45, 2.75) is 11.8 Å². The van der Waals surface area contributed by atoms with Gasteiger partial charge in [-0.1, -0.05) is 29.3 Å². The number of hydrogen-bond acceptors (Lipinski definition) is 1. The average Bonchev–Trinajstić information content (AvgIpc) is 2.79. The van der Waals surface area contributed by atoms with Gasteiger partial charge in [-0.25, -0.2) is 0 Å². The van der Waals surface area contributed by atoms with Crippen molar-refractivity contribution < 1.29 is 4.79 Å². The molecular formula is C15H9Cl3INO. The zero-order valence-electron chi connectivity index (χ0n) is 10.6. The molecular weight excluding hydrogens is 443 g/mol. The summed E-state index contributed by atoms with van der Waals surface area (Å²) in [5.74, 6) is -0.0263. The van der Waals surface area contributed by atoms with Crippen molar-refractivity contribution in [3.63, 3.8) is 0 Å². The summed E-state index contributed by atoms with van der Waals surface area (Å²) in [7, 11) is 0. The summed E-state index contributed by atoms with van der Waals surface area (Å²) in [6.07, 6.45) is 0.358. The zero-order valence-corrected chi connectivity index (χ0v) is 15.0. The molecule has 0 aliphatic carbocycles. The predicted octanol–water partition coefficient (Wildman–Crippen LogP) is 5.42. The van der Waals surface area contributed by atoms with E-state index in [2.05, 4.69) is 27.9 Å². The van der Waals surface area contributed by atoms with Crippen LogP contribution >= 0.6 is 57.4 Å². The molecule has 0 radical (unpaired) electrons. The summed E-state index contributed by atoms with van der Waals surface area (Å²) < 4.78 is 0.969. The Balaban J connectivity index is 2.02. The highest BCUT2D eigenvalue weighted by molar-refractivity contribution is 14.1. The van der Waals surface area contributed by atoms with E-state index in [1.54, 1.807) is 6.07 Å². The zero-order chi connectivity index (χ0) is 15.1. The summed E-state index contributed by atoms with van der Waals surface area (Å²) in [4.78, 5) is 11.4. The molecule has 0 aromatic heterocycles. The highest BCUT2D eigenvalue weighted by atomic mass is 127. The Morgan fingerprint density at radius 1 is 1.14 bits per heavy atom. The quantitative estimate of drug-likeness (QED) is 0.479. The van der Waals surface area contributed by atoms with Gasteiger partial charge in [0, 0.05) is 14.3 Å². The number of hydrogen-bond donors (Lipinski definition) is 1. The van der Waals surface area contributed by atoms with Crippen LogP contribution in [0.15, 0.2) is 30.3 Å². The predicted molar refractivity (Wildman–Crippen MR) is 95.7 cm³/mol. The van der Waals surface area contributed by atoms with Gasteiger partial charge in [-0.3, -0.25) is 4.79 Å². The molecule has 1 amide bonds. The number of carbonyl (C=O) groups excluding carboxylic acids is 1. The van der Waals surface area contributed by atoms with E-state index >= 15 is 0 Å². The lowest BCUT2D eigenvalue weighted by molar-refractivity contribution is -0.115. The number of halogens is 4. The van der Waals surface area contributed by atoms with Crippen LogP contribution in [0.3, 0.4) is 0 Å². The van der Waals surface area contributed by atoms with Gasteiger partial charge in [-0.15, -0.1) is 11.6 Å². The van der Waals surface area contributed by atoms with Gasteiger partial charge in [0.1, 0.15) is 0 Å². The second kappa shape index (κ2) is 5.95. The lowest BCUT2D eigenvalue weighted by Gasteiger charge is -2.14. The first-order valence-corrected chi connectivity index (χ1v) is 8.44. The van der Waals surface area contributed by atoms with Crippen molar-refractivity contribution in [3.05, 3.63) is 60.6 Å². The molecule has 1 aliphatic rings. The maximum Gasteiger partial charge on any atom is 0.228 e. The lowest BCUT2D eigenvalue weighted by atomic mass is 10.0. The number of amides is 1. The first kappa shape index (κ1) is 15.4. The Bertz CT molecular complexity index is 748. The number of alkyl halides is 1. The monoisotopic (exact) mass is 451 g/mol. The molecule has 0 saturated heterocycles. The topological polar surface area (TPSA) is 29.1 Å². The number of benzene rings is 2. The fraction of sp³-hybridized carbons (Fsp3) is 0.133. The Morgan fingerprint density at radius 2 is 1.90 bits per heavy atom. The van der Waals surface area contributed by atoms with Crippen molar-refractivity contribution in [2.24, 2.45) is 0 Å². The Hall–Kier alpha value is -0.490. The van der Waals surface area contributed by atoms with Crippen LogP contribution in [0, 0.1) is 3.57 Å². The van der Waals surface area contributed by atoms with E-state index in [-0.39, 0.29) is 5.91 Å². The van der Waals surface area contributed by atoms with Crippen molar-refractivity contribution in [1.82, 2.24) is 0 Å². The van der Waals surface area contributed by atoms with E-state index < -0.39 is 5.38 Å². The first-order valence-electron chi connectivity index (χ1n) is 6.17. The number of fused-ring (bicyclic) bond motifs is 1. The van der Waals surface area contributed by atoms with Crippen LogP contribution in [0.5, 0.6) is 0 Å². The summed E-state index contributed by atoms with van der Waals surface area (Å²) in [6, 6.07) is 9.33. The largest absolute Gasteiger partial charge is 0.325 e. The van der Waals surface area contributed by atoms with Crippen LogP contribution in [-0.2, 0) is 11.2 Å². The fourth-order valence-electron chi connectivity index (χ4n) is 2.31. The molecule has 21 heavy (non-hydrogen) atoms. The smallest absolute Gasteiger partial charge is 0.228 e. The standard InChI is InChI=1S/C15H9Cl3INO/c16-10-6-13-8(5-14(21)20-13)3-9(10)15(18)7-1-2-12(19)11(17)4-7/h1-4,6,15H,5H2,(H,20,21). The molecule has 0 saturated carbocycles. The summed E-state index contributed by atoms with van der Waals surface area (Å²) >= 11 is 21.2. The van der Waals surface area contributed by atoms with E-state index in [9.17, 15) is 4.79 Å². The van der Waals surface area contributed by atoms with Gasteiger partial charge in [0.15, 0.2) is 0 Å². The molecule has 2 aromatic rings. The molecule has 2 aromatic carbocycles. The molecule has 1 heterocycles. The minimum atomic E-state index is -0.409. The van der Waals surface area contributed by atoms with Crippen molar-refractivity contribution in [1.29, 1.82) is 0 Å². The van der Waals surface area contributed by atoms with Gasteiger partial charge < -0.3 is 5.32 Å². The lowest BCUT2D eigenvalue weighted by Crippen LogP contribution is -2.03. The van der Waals surface area contributed by atoms with Gasteiger partial charge in [0.25, 0.3) is 0 Å². The second-order valence-corrected chi connectivity index (χ2v) is 7.20. The summed E-state index contributed by atoms with van der Waals surface area (Å²) in [5.41, 5.74) is 3.34. The van der Waals surface area contributed by atoms with Crippen LogP contribution in [0.4, 0.5) is 5.69 Å². The van der Waals surface area contributed by atoms with Crippen LogP contribution in [0.1, 0.15) is 22.1 Å². The molecule has 108 valence electrons. The third-order valence-electron chi connectivity index (χ3n) is 3.36. The summed E-state index contributed by atoms with van der Waals surface area (Å²) in [6.45, 7) is 0. The normalized spacial score (nSPS) is 14.8. The minimum Gasteiger partial charge on any atom is -0.325 e. The van der Waals surface area contributed by atoms with E-state index in [0.717, 1.165) is 25.9 Å². The van der Waals surface area contributed by atoms with Crippen LogP contribution in [-0.4, -0.2) is 5.91 Å². The van der Waals surface area contributed by atoms with E-state index in [1.807, 2.05) is 24.3 Å².